The monoisotopic (exact) mass is 496 g/mol. The molecule has 0 rings (SSSR count). The summed E-state index contributed by atoms with van der Waals surface area (Å²) >= 11 is 0. The summed E-state index contributed by atoms with van der Waals surface area (Å²) in [7, 11) is -0.749. The minimum atomic E-state index is -4.63. The minimum absolute atomic E-state index is 0.111. The van der Waals surface area contributed by atoms with Crippen molar-refractivity contribution in [2.75, 3.05) is 74.6 Å². The third-order valence-electron chi connectivity index (χ3n) is 3.65. The number of halogens is 1. The second-order valence-corrected chi connectivity index (χ2v) is 7.43. The van der Waals surface area contributed by atoms with Crippen LogP contribution in [0.15, 0.2) is 0 Å². The fourth-order valence-electron chi connectivity index (χ4n) is 1.63. The van der Waals surface area contributed by atoms with E-state index in [1.807, 2.05) is 0 Å². The lowest BCUT2D eigenvalue weighted by Crippen LogP contribution is -2.48. The van der Waals surface area contributed by atoms with Crippen molar-refractivity contribution in [2.24, 2.45) is 0 Å². The summed E-state index contributed by atoms with van der Waals surface area (Å²) in [6.07, 6.45) is -3.74. The zero-order valence-electron chi connectivity index (χ0n) is 18.3. The molecule has 190 valence electrons. The highest BCUT2D eigenvalue weighted by Crippen LogP contribution is 2.50. The van der Waals surface area contributed by atoms with Crippen molar-refractivity contribution >= 4 is 20.1 Å². The number of rotatable bonds is 18. The molecule has 16 heteroatoms. The summed E-state index contributed by atoms with van der Waals surface area (Å²) in [4.78, 5) is 22.8. The molecule has 0 heterocycles. The highest BCUT2D eigenvalue weighted by molar-refractivity contribution is 7.48. The second kappa shape index (κ2) is 17.0. The van der Waals surface area contributed by atoms with Crippen molar-refractivity contribution in [3.05, 3.63) is 0 Å². The topological polar surface area (TPSA) is 164 Å². The highest BCUT2D eigenvalue weighted by Gasteiger charge is 2.41. The van der Waals surface area contributed by atoms with E-state index in [0.717, 1.165) is 7.11 Å². The summed E-state index contributed by atoms with van der Waals surface area (Å²) in [5, 5.41) is 9.75. The zero-order chi connectivity index (χ0) is 24.5. The molecule has 0 unspecified atom stereocenters. The first kappa shape index (κ1) is 30.4. The molecule has 0 aromatic rings. The Balaban J connectivity index is 4.90. The molecule has 1 N–H and O–H groups in total. The Hall–Kier alpha value is -1.58. The molecule has 0 spiro atoms. The Morgan fingerprint density at radius 1 is 0.875 bits per heavy atom. The molecule has 0 amide bonds. The first-order valence-corrected chi connectivity index (χ1v) is 10.5. The van der Waals surface area contributed by atoms with Gasteiger partial charge in [0.15, 0.2) is 0 Å². The minimum Gasteiger partial charge on any atom is -0.432 e. The average molecular weight is 496 g/mol. The van der Waals surface area contributed by atoms with E-state index in [1.54, 1.807) is 0 Å². The fourth-order valence-corrected chi connectivity index (χ4v) is 2.60. The highest BCUT2D eigenvalue weighted by atomic mass is 31.2. The third kappa shape index (κ3) is 12.5. The van der Waals surface area contributed by atoms with Gasteiger partial charge in [-0.25, -0.2) is 27.6 Å². The molecular formula is C16H30FO14P. The van der Waals surface area contributed by atoms with E-state index < -0.39 is 58.7 Å². The molecule has 14 nitrogen and oxygen atoms in total. The maximum Gasteiger partial charge on any atom is 0.510 e. The van der Waals surface area contributed by atoms with Crippen LogP contribution in [0.4, 0.5) is 14.0 Å². The SMILES string of the molecule is COCCOC(=O)OCOP(=O)(OCOC(=O)OCCOC)OC[C@@](CF)(OC)[C@H](C)O. The number of ether oxygens (including phenoxy) is 7. The average Bonchev–Trinajstić information content (AvgIpc) is 2.75. The van der Waals surface area contributed by atoms with E-state index in [0.29, 0.717) is 0 Å². The van der Waals surface area contributed by atoms with Gasteiger partial charge in [-0.15, -0.1) is 0 Å². The number of hydrogen-bond donors (Lipinski definition) is 1. The lowest BCUT2D eigenvalue weighted by Gasteiger charge is -2.32. The molecule has 0 bridgehead atoms. The van der Waals surface area contributed by atoms with Crippen molar-refractivity contribution in [2.45, 2.75) is 18.6 Å². The molecule has 0 fully saturated rings. The quantitative estimate of drug-likeness (QED) is 0.125. The van der Waals surface area contributed by atoms with Gasteiger partial charge in [-0.05, 0) is 6.92 Å². The number of alkyl halides is 1. The molecule has 32 heavy (non-hydrogen) atoms. The van der Waals surface area contributed by atoms with E-state index in [1.165, 1.54) is 21.1 Å². The van der Waals surface area contributed by atoms with Crippen LogP contribution in [-0.2, 0) is 51.3 Å². The molecule has 2 atom stereocenters. The van der Waals surface area contributed by atoms with Crippen molar-refractivity contribution in [3.8, 4) is 0 Å². The Labute approximate surface area is 184 Å². The Kier molecular flexibility index (Phi) is 16.1. The number of aliphatic hydroxyl groups is 1. The number of carbonyl (C=O) groups is 2. The van der Waals surface area contributed by atoms with Crippen molar-refractivity contribution in [1.82, 2.24) is 0 Å². The molecule has 0 aliphatic rings. The lowest BCUT2D eigenvalue weighted by atomic mass is 10.0. The predicted molar refractivity (Wildman–Crippen MR) is 101 cm³/mol. The van der Waals surface area contributed by atoms with Crippen LogP contribution in [0.5, 0.6) is 0 Å². The van der Waals surface area contributed by atoms with Crippen LogP contribution in [0.1, 0.15) is 6.92 Å². The third-order valence-corrected chi connectivity index (χ3v) is 4.94. The standard InChI is InChI=1S/C16H30FO14P/c1-13(18)16(9-17,24-4)10-29-32(21,30-11-27-14(19)25-7-5-22-2)31-12-28-15(20)26-8-6-23-3/h13,18H,5-12H2,1-4H3/t13-,16+/m0/s1. The first-order valence-electron chi connectivity index (χ1n) is 9.08. The lowest BCUT2D eigenvalue weighted by molar-refractivity contribution is -0.135. The molecule has 0 saturated heterocycles. The van der Waals surface area contributed by atoms with Crippen LogP contribution >= 0.6 is 7.82 Å². The Morgan fingerprint density at radius 2 is 1.34 bits per heavy atom. The van der Waals surface area contributed by atoms with Crippen molar-refractivity contribution in [1.29, 1.82) is 0 Å². The first-order chi connectivity index (χ1) is 15.2. The summed E-state index contributed by atoms with van der Waals surface area (Å²) in [6.45, 7) is -2.73. The van der Waals surface area contributed by atoms with Gasteiger partial charge in [0, 0.05) is 21.3 Å². The van der Waals surface area contributed by atoms with Crippen LogP contribution in [0.3, 0.4) is 0 Å². The zero-order valence-corrected chi connectivity index (χ0v) is 19.2. The van der Waals surface area contributed by atoms with E-state index >= 15 is 0 Å². The van der Waals surface area contributed by atoms with Gasteiger partial charge in [0.1, 0.15) is 25.5 Å². The van der Waals surface area contributed by atoms with Gasteiger partial charge in [0.05, 0.1) is 25.9 Å². The maximum atomic E-state index is 13.4. The smallest absolute Gasteiger partial charge is 0.432 e. The molecule has 0 aromatic heterocycles. The van der Waals surface area contributed by atoms with Crippen molar-refractivity contribution < 1.29 is 70.4 Å². The largest absolute Gasteiger partial charge is 0.510 e. The molecule has 0 radical (unpaired) electrons. The van der Waals surface area contributed by atoms with Crippen LogP contribution in [0, 0.1) is 0 Å². The summed E-state index contributed by atoms with van der Waals surface area (Å²) in [6, 6.07) is 0. The van der Waals surface area contributed by atoms with Crippen molar-refractivity contribution in [3.63, 3.8) is 0 Å². The number of phosphoric acid groups is 1. The number of methoxy groups -OCH3 is 3. The van der Waals surface area contributed by atoms with Gasteiger partial charge in [-0.3, -0.25) is 4.52 Å². The molecule has 0 aliphatic carbocycles. The van der Waals surface area contributed by atoms with E-state index in [2.05, 4.69) is 28.4 Å². The molecular weight excluding hydrogens is 466 g/mol. The predicted octanol–water partition coefficient (Wildman–Crippen LogP) is 1.39. The van der Waals surface area contributed by atoms with Gasteiger partial charge in [0.25, 0.3) is 0 Å². The fraction of sp³-hybridized carbons (Fsp3) is 0.875. The Bertz CT molecular complexity index is 539. The van der Waals surface area contributed by atoms with E-state index in [4.69, 9.17) is 18.3 Å². The van der Waals surface area contributed by atoms with Crippen LogP contribution < -0.4 is 0 Å². The van der Waals surface area contributed by atoms with Gasteiger partial charge in [0.2, 0.25) is 13.6 Å². The van der Waals surface area contributed by atoms with Gasteiger partial charge >= 0.3 is 20.1 Å². The molecule has 0 aromatic carbocycles. The summed E-state index contributed by atoms with van der Waals surface area (Å²) < 4.78 is 73.3. The maximum absolute atomic E-state index is 13.4. The summed E-state index contributed by atoms with van der Waals surface area (Å²) in [5.41, 5.74) is -1.90. The van der Waals surface area contributed by atoms with Crippen LogP contribution in [0.2, 0.25) is 0 Å². The number of phosphoric ester groups is 1. The van der Waals surface area contributed by atoms with Gasteiger partial charge in [-0.2, -0.15) is 0 Å². The van der Waals surface area contributed by atoms with E-state index in [9.17, 15) is 23.7 Å². The second-order valence-electron chi connectivity index (χ2n) is 5.76. The number of hydrogen-bond acceptors (Lipinski definition) is 14. The van der Waals surface area contributed by atoms with Gasteiger partial charge in [-0.1, -0.05) is 0 Å². The van der Waals surface area contributed by atoms with E-state index in [-0.39, 0.29) is 26.4 Å². The normalized spacial score (nSPS) is 14.3. The Morgan fingerprint density at radius 3 is 1.69 bits per heavy atom. The molecule has 0 aliphatic heterocycles. The number of aliphatic hydroxyl groups excluding tert-OH is 1. The summed E-state index contributed by atoms with van der Waals surface area (Å²) in [5.74, 6) is 0. The van der Waals surface area contributed by atoms with Gasteiger partial charge < -0.3 is 38.3 Å². The van der Waals surface area contributed by atoms with Crippen LogP contribution in [0.25, 0.3) is 0 Å². The number of carbonyl (C=O) groups excluding carboxylic acids is 2. The van der Waals surface area contributed by atoms with Crippen LogP contribution in [-0.4, -0.2) is 104 Å². The molecule has 0 saturated carbocycles.